The fourth-order valence-corrected chi connectivity index (χ4v) is 5.62. The molecule has 1 spiro atoms. The number of piperidine rings is 1. The number of alkyl halides is 3. The minimum absolute atomic E-state index is 0.0576. The first-order valence-corrected chi connectivity index (χ1v) is 11.9. The molecule has 4 aromatic rings. The summed E-state index contributed by atoms with van der Waals surface area (Å²) < 4.78 is 41.3. The molecule has 8 heteroatoms. The number of likely N-dealkylation sites (tertiary alicyclic amines) is 1. The maximum absolute atomic E-state index is 13.1. The molecular weight excluding hydrogens is 451 g/mol. The first-order valence-electron chi connectivity index (χ1n) is 11.9. The van der Waals surface area contributed by atoms with Gasteiger partial charge in [-0.25, -0.2) is 9.97 Å². The van der Waals surface area contributed by atoms with Crippen molar-refractivity contribution in [1.29, 1.82) is 0 Å². The number of hydrogen-bond donors (Lipinski definition) is 0. The lowest BCUT2D eigenvalue weighted by molar-refractivity contribution is -0.140. The summed E-state index contributed by atoms with van der Waals surface area (Å²) in [4.78, 5) is 13.1. The van der Waals surface area contributed by atoms with Crippen LogP contribution in [0.2, 0.25) is 0 Å². The van der Waals surface area contributed by atoms with Gasteiger partial charge in [-0.2, -0.15) is 13.2 Å². The number of aromatic nitrogens is 3. The third-order valence-electron chi connectivity index (χ3n) is 7.60. The molecule has 0 unspecified atom stereocenters. The highest BCUT2D eigenvalue weighted by atomic mass is 19.4. The lowest BCUT2D eigenvalue weighted by atomic mass is 9.74. The van der Waals surface area contributed by atoms with Crippen molar-refractivity contribution in [2.24, 2.45) is 7.05 Å². The molecule has 1 fully saturated rings. The smallest absolute Gasteiger partial charge is 0.340 e. The lowest BCUT2D eigenvalue weighted by Gasteiger charge is -2.40. The quantitative estimate of drug-likeness (QED) is 0.381. The number of halogens is 3. The average Bonchev–Trinajstić information content (AvgIpc) is 3.40. The topological polar surface area (TPSA) is 37.2 Å². The van der Waals surface area contributed by atoms with Crippen molar-refractivity contribution in [1.82, 2.24) is 19.4 Å². The monoisotopic (exact) mass is 477 g/mol. The lowest BCUT2D eigenvalue weighted by Crippen LogP contribution is -2.44. The molecule has 0 amide bonds. The molecule has 180 valence electrons. The van der Waals surface area contributed by atoms with Crippen molar-refractivity contribution in [3.8, 4) is 0 Å². The maximum Gasteiger partial charge on any atom is 0.433 e. The summed E-state index contributed by atoms with van der Waals surface area (Å²) in [5, 5.41) is 0.707. The molecule has 0 saturated carbocycles. The van der Waals surface area contributed by atoms with Crippen molar-refractivity contribution >= 4 is 22.3 Å². The molecule has 35 heavy (non-hydrogen) atoms. The summed E-state index contributed by atoms with van der Waals surface area (Å²) in [5.74, 6) is 1.08. The van der Waals surface area contributed by atoms with E-state index in [9.17, 15) is 13.2 Å². The second-order valence-electron chi connectivity index (χ2n) is 9.69. The molecule has 0 bridgehead atoms. The molecule has 1 saturated heterocycles. The van der Waals surface area contributed by atoms with Gasteiger partial charge < -0.3 is 9.47 Å². The third-order valence-corrected chi connectivity index (χ3v) is 7.60. The zero-order chi connectivity index (χ0) is 24.2. The number of hydrogen-bond acceptors (Lipinski definition) is 4. The fourth-order valence-electron chi connectivity index (χ4n) is 5.62. The van der Waals surface area contributed by atoms with Crippen molar-refractivity contribution < 1.29 is 13.2 Å². The Morgan fingerprint density at radius 3 is 2.54 bits per heavy atom. The van der Waals surface area contributed by atoms with E-state index in [1.165, 1.54) is 17.3 Å². The van der Waals surface area contributed by atoms with E-state index in [1.54, 1.807) is 6.07 Å². The van der Waals surface area contributed by atoms with E-state index in [-0.39, 0.29) is 5.41 Å². The second-order valence-corrected chi connectivity index (χ2v) is 9.69. The summed E-state index contributed by atoms with van der Waals surface area (Å²) in [6.07, 6.45) is 1.48. The molecule has 5 nitrogen and oxygen atoms in total. The summed E-state index contributed by atoms with van der Waals surface area (Å²) in [6, 6.07) is 16.7. The molecular formula is C27H26F3N5. The summed E-state index contributed by atoms with van der Waals surface area (Å²) in [6.45, 7) is 3.71. The van der Waals surface area contributed by atoms with E-state index in [0.717, 1.165) is 56.6 Å². The van der Waals surface area contributed by atoms with Gasteiger partial charge in [0.2, 0.25) is 0 Å². The number of rotatable bonds is 3. The number of anilines is 2. The van der Waals surface area contributed by atoms with Crippen LogP contribution in [0.25, 0.3) is 10.9 Å². The Hall–Kier alpha value is -3.39. The van der Waals surface area contributed by atoms with Gasteiger partial charge in [0.25, 0.3) is 0 Å². The van der Waals surface area contributed by atoms with Crippen LogP contribution in [0.1, 0.15) is 29.9 Å². The first kappa shape index (κ1) is 22.1. The Morgan fingerprint density at radius 1 is 1.00 bits per heavy atom. The van der Waals surface area contributed by atoms with Gasteiger partial charge in [-0.15, -0.1) is 0 Å². The molecule has 0 N–H and O–H groups in total. The summed E-state index contributed by atoms with van der Waals surface area (Å²) >= 11 is 0. The number of benzene rings is 2. The van der Waals surface area contributed by atoms with E-state index in [2.05, 4.69) is 48.6 Å². The van der Waals surface area contributed by atoms with Crippen LogP contribution in [-0.2, 0) is 25.2 Å². The van der Waals surface area contributed by atoms with Crippen molar-refractivity contribution in [3.05, 3.63) is 84.1 Å². The van der Waals surface area contributed by atoms with E-state index in [1.807, 2.05) is 31.6 Å². The standard InChI is InChI=1S/C27H26F3N5/c1-33-15-12-31-25(33)17-34-13-10-26(11-14-34)18-35(23-5-3-2-4-21(23)26)20-7-8-22-19(16-20)6-9-24(32-22)27(28,29)30/h2-9,12,15-16H,10-11,13-14,17-18H2,1H3. The van der Waals surface area contributed by atoms with Gasteiger partial charge in [0.15, 0.2) is 0 Å². The van der Waals surface area contributed by atoms with Gasteiger partial charge in [-0.3, -0.25) is 4.90 Å². The number of imidazole rings is 1. The number of para-hydroxylation sites is 1. The molecule has 2 aromatic heterocycles. The van der Waals surface area contributed by atoms with E-state index < -0.39 is 11.9 Å². The van der Waals surface area contributed by atoms with Crippen LogP contribution in [0.3, 0.4) is 0 Å². The predicted octanol–water partition coefficient (Wildman–Crippen LogP) is 5.67. The highest BCUT2D eigenvalue weighted by Crippen LogP contribution is 2.49. The third kappa shape index (κ3) is 3.86. The molecule has 2 aliphatic rings. The van der Waals surface area contributed by atoms with Crippen molar-refractivity contribution in [2.75, 3.05) is 24.5 Å². The Morgan fingerprint density at radius 2 is 1.80 bits per heavy atom. The van der Waals surface area contributed by atoms with E-state index in [0.29, 0.717) is 10.9 Å². The molecule has 0 aliphatic carbocycles. The van der Waals surface area contributed by atoms with Gasteiger partial charge in [0.1, 0.15) is 11.5 Å². The maximum atomic E-state index is 13.1. The van der Waals surface area contributed by atoms with Gasteiger partial charge in [-0.1, -0.05) is 24.3 Å². The molecule has 0 radical (unpaired) electrons. The Balaban J connectivity index is 1.27. The van der Waals surface area contributed by atoms with Gasteiger partial charge in [0, 0.05) is 48.2 Å². The molecule has 6 rings (SSSR count). The van der Waals surface area contributed by atoms with Crippen molar-refractivity contribution in [2.45, 2.75) is 31.0 Å². The van der Waals surface area contributed by atoms with Gasteiger partial charge in [0.05, 0.1) is 12.1 Å². The second kappa shape index (κ2) is 8.09. The van der Waals surface area contributed by atoms with Gasteiger partial charge >= 0.3 is 6.18 Å². The minimum Gasteiger partial charge on any atom is -0.340 e. The largest absolute Gasteiger partial charge is 0.433 e. The normalized spacial score (nSPS) is 17.9. The van der Waals surface area contributed by atoms with E-state index in [4.69, 9.17) is 0 Å². The highest BCUT2D eigenvalue weighted by Gasteiger charge is 2.45. The predicted molar refractivity (Wildman–Crippen MR) is 130 cm³/mol. The zero-order valence-electron chi connectivity index (χ0n) is 19.5. The van der Waals surface area contributed by atoms with Crippen LogP contribution >= 0.6 is 0 Å². The highest BCUT2D eigenvalue weighted by molar-refractivity contribution is 5.85. The molecule has 2 aliphatic heterocycles. The van der Waals surface area contributed by atoms with Crippen LogP contribution in [0.5, 0.6) is 0 Å². The minimum atomic E-state index is -4.45. The number of nitrogens with zero attached hydrogens (tertiary/aromatic N) is 5. The summed E-state index contributed by atoms with van der Waals surface area (Å²) in [7, 11) is 2.03. The molecule has 2 aromatic carbocycles. The van der Waals surface area contributed by atoms with Crippen LogP contribution in [0.15, 0.2) is 67.0 Å². The number of fused-ring (bicyclic) bond motifs is 3. The Kier molecular flexibility index (Phi) is 5.11. The Labute approximate surface area is 201 Å². The average molecular weight is 478 g/mol. The summed E-state index contributed by atoms with van der Waals surface area (Å²) in [5.41, 5.74) is 3.08. The Bertz CT molecular complexity index is 1390. The first-order chi connectivity index (χ1) is 16.8. The van der Waals surface area contributed by atoms with Gasteiger partial charge in [-0.05, 0) is 61.8 Å². The fraction of sp³-hybridized carbons (Fsp3) is 0.333. The van der Waals surface area contributed by atoms with Crippen LogP contribution in [-0.4, -0.2) is 39.1 Å². The van der Waals surface area contributed by atoms with E-state index >= 15 is 0 Å². The van der Waals surface area contributed by atoms with Crippen LogP contribution in [0, 0.1) is 0 Å². The SMILES string of the molecule is Cn1ccnc1CN1CCC2(CC1)CN(c1ccc3nc(C(F)(F)F)ccc3c1)c1ccccc12. The zero-order valence-corrected chi connectivity index (χ0v) is 19.5. The van der Waals surface area contributed by atoms with Crippen LogP contribution in [0.4, 0.5) is 24.5 Å². The number of pyridine rings is 1. The molecule has 0 atom stereocenters. The molecule has 4 heterocycles. The van der Waals surface area contributed by atoms with Crippen molar-refractivity contribution in [3.63, 3.8) is 0 Å². The number of aryl methyl sites for hydroxylation is 1. The van der Waals surface area contributed by atoms with Crippen LogP contribution < -0.4 is 4.90 Å².